The van der Waals surface area contributed by atoms with Gasteiger partial charge in [-0.2, -0.15) is 4.31 Å². The van der Waals surface area contributed by atoms with E-state index in [2.05, 4.69) is 5.32 Å². The van der Waals surface area contributed by atoms with Crippen LogP contribution in [0.15, 0.2) is 48.5 Å². The summed E-state index contributed by atoms with van der Waals surface area (Å²) >= 11 is 5.88. The smallest absolute Gasteiger partial charge is 0.225 e. The van der Waals surface area contributed by atoms with Crippen molar-refractivity contribution in [3.63, 3.8) is 0 Å². The van der Waals surface area contributed by atoms with Crippen LogP contribution in [0.5, 0.6) is 5.75 Å². The first-order valence-electron chi connectivity index (χ1n) is 7.91. The van der Waals surface area contributed by atoms with Gasteiger partial charge in [0.15, 0.2) is 0 Å². The summed E-state index contributed by atoms with van der Waals surface area (Å²) in [6.07, 6.45) is 1.17. The van der Waals surface area contributed by atoms with Gasteiger partial charge in [0.25, 0.3) is 0 Å². The molecule has 0 atom stereocenters. The maximum absolute atomic E-state index is 12.1. The molecule has 2 aromatic carbocycles. The Balaban J connectivity index is 1.98. The average Bonchev–Trinajstić information content (AvgIpc) is 2.58. The van der Waals surface area contributed by atoms with Crippen LogP contribution in [0, 0.1) is 0 Å². The highest BCUT2D eigenvalue weighted by Gasteiger charge is 2.18. The standard InChI is InChI=1S/C18H21ClN2O4S/c1-25-17-8-6-14(7-9-17)13-21(26(2,23)24)11-10-18(22)20-16-5-3-4-15(19)12-16/h3-9,12H,10-11,13H2,1-2H3,(H,20,22). The Labute approximate surface area is 158 Å². The summed E-state index contributed by atoms with van der Waals surface area (Å²) in [5.74, 6) is 0.413. The zero-order chi connectivity index (χ0) is 19.2. The number of benzene rings is 2. The Hall–Kier alpha value is -2.09. The summed E-state index contributed by atoms with van der Waals surface area (Å²) in [6, 6.07) is 13.9. The predicted octanol–water partition coefficient (Wildman–Crippen LogP) is 3.14. The normalized spacial score (nSPS) is 11.4. The zero-order valence-corrected chi connectivity index (χ0v) is 16.2. The van der Waals surface area contributed by atoms with Crippen molar-refractivity contribution in [3.05, 3.63) is 59.1 Å². The zero-order valence-electron chi connectivity index (χ0n) is 14.6. The first-order chi connectivity index (χ1) is 12.3. The topological polar surface area (TPSA) is 75.7 Å². The number of hydrogen-bond acceptors (Lipinski definition) is 4. The van der Waals surface area contributed by atoms with Gasteiger partial charge in [-0.3, -0.25) is 4.79 Å². The van der Waals surface area contributed by atoms with Crippen LogP contribution in [0.2, 0.25) is 5.02 Å². The van der Waals surface area contributed by atoms with Crippen LogP contribution in [-0.4, -0.2) is 38.5 Å². The van der Waals surface area contributed by atoms with E-state index < -0.39 is 10.0 Å². The largest absolute Gasteiger partial charge is 0.497 e. The van der Waals surface area contributed by atoms with Crippen molar-refractivity contribution in [2.75, 3.05) is 25.2 Å². The number of rotatable bonds is 8. The molecular formula is C18H21ClN2O4S. The molecular weight excluding hydrogens is 376 g/mol. The molecule has 2 rings (SSSR count). The molecule has 6 nitrogen and oxygen atoms in total. The number of sulfonamides is 1. The van der Waals surface area contributed by atoms with Crippen molar-refractivity contribution in [2.45, 2.75) is 13.0 Å². The molecule has 0 saturated carbocycles. The maximum atomic E-state index is 12.1. The molecule has 2 aromatic rings. The fraction of sp³-hybridized carbons (Fsp3) is 0.278. The lowest BCUT2D eigenvalue weighted by Gasteiger charge is -2.20. The molecule has 1 N–H and O–H groups in total. The molecule has 0 saturated heterocycles. The first kappa shape index (κ1) is 20.2. The van der Waals surface area contributed by atoms with Gasteiger partial charge in [-0.25, -0.2) is 8.42 Å². The van der Waals surface area contributed by atoms with E-state index in [9.17, 15) is 13.2 Å². The van der Waals surface area contributed by atoms with Crippen molar-refractivity contribution in [3.8, 4) is 5.75 Å². The molecule has 0 radical (unpaired) electrons. The molecule has 0 bridgehead atoms. The highest BCUT2D eigenvalue weighted by molar-refractivity contribution is 7.88. The minimum Gasteiger partial charge on any atom is -0.497 e. The third-order valence-electron chi connectivity index (χ3n) is 3.68. The molecule has 0 heterocycles. The Morgan fingerprint density at radius 2 is 1.88 bits per heavy atom. The molecule has 0 aliphatic rings. The summed E-state index contributed by atoms with van der Waals surface area (Å²) in [5.41, 5.74) is 1.38. The highest BCUT2D eigenvalue weighted by atomic mass is 35.5. The number of hydrogen-bond donors (Lipinski definition) is 1. The highest BCUT2D eigenvalue weighted by Crippen LogP contribution is 2.16. The molecule has 0 unspecified atom stereocenters. The second-order valence-electron chi connectivity index (χ2n) is 5.75. The van der Waals surface area contributed by atoms with Crippen LogP contribution in [0.1, 0.15) is 12.0 Å². The fourth-order valence-corrected chi connectivity index (χ4v) is 3.31. The van der Waals surface area contributed by atoms with E-state index in [1.54, 1.807) is 55.6 Å². The summed E-state index contributed by atoms with van der Waals surface area (Å²) in [4.78, 5) is 12.1. The van der Waals surface area contributed by atoms with Gasteiger partial charge in [0.2, 0.25) is 15.9 Å². The van der Waals surface area contributed by atoms with Crippen LogP contribution in [0.4, 0.5) is 5.69 Å². The van der Waals surface area contributed by atoms with Gasteiger partial charge in [0.1, 0.15) is 5.75 Å². The maximum Gasteiger partial charge on any atom is 0.225 e. The van der Waals surface area contributed by atoms with Gasteiger partial charge < -0.3 is 10.1 Å². The molecule has 8 heteroatoms. The van der Waals surface area contributed by atoms with Crippen LogP contribution in [0.3, 0.4) is 0 Å². The van der Waals surface area contributed by atoms with Crippen LogP contribution in [0.25, 0.3) is 0 Å². The van der Waals surface area contributed by atoms with Gasteiger partial charge in [-0.05, 0) is 35.9 Å². The molecule has 0 aliphatic carbocycles. The van der Waals surface area contributed by atoms with Crippen LogP contribution < -0.4 is 10.1 Å². The predicted molar refractivity (Wildman–Crippen MR) is 103 cm³/mol. The molecule has 0 spiro atoms. The average molecular weight is 397 g/mol. The number of halogens is 1. The lowest BCUT2D eigenvalue weighted by molar-refractivity contribution is -0.116. The number of methoxy groups -OCH3 is 1. The van der Waals surface area contributed by atoms with Crippen LogP contribution in [-0.2, 0) is 21.4 Å². The van der Waals surface area contributed by atoms with Gasteiger partial charge >= 0.3 is 0 Å². The molecule has 140 valence electrons. The first-order valence-corrected chi connectivity index (χ1v) is 10.1. The second kappa shape index (κ2) is 9.02. The molecule has 0 aromatic heterocycles. The van der Waals surface area contributed by atoms with Crippen molar-refractivity contribution < 1.29 is 17.9 Å². The quantitative estimate of drug-likeness (QED) is 0.743. The number of carbonyl (C=O) groups excluding carboxylic acids is 1. The number of nitrogens with zero attached hydrogens (tertiary/aromatic N) is 1. The molecule has 1 amide bonds. The van der Waals surface area contributed by atoms with E-state index in [1.165, 1.54) is 4.31 Å². The third kappa shape index (κ3) is 6.33. The fourth-order valence-electron chi connectivity index (χ4n) is 2.31. The lowest BCUT2D eigenvalue weighted by atomic mass is 10.2. The van der Waals surface area contributed by atoms with Gasteiger partial charge in [0.05, 0.1) is 13.4 Å². The van der Waals surface area contributed by atoms with E-state index in [4.69, 9.17) is 16.3 Å². The lowest BCUT2D eigenvalue weighted by Crippen LogP contribution is -2.32. The monoisotopic (exact) mass is 396 g/mol. The van der Waals surface area contributed by atoms with Gasteiger partial charge in [0, 0.05) is 30.2 Å². The minimum atomic E-state index is -3.45. The number of carbonyl (C=O) groups is 1. The van der Waals surface area contributed by atoms with Crippen molar-refractivity contribution in [1.29, 1.82) is 0 Å². The van der Waals surface area contributed by atoms with E-state index in [0.717, 1.165) is 11.8 Å². The third-order valence-corrected chi connectivity index (χ3v) is 5.17. The van der Waals surface area contributed by atoms with Crippen LogP contribution >= 0.6 is 11.6 Å². The SMILES string of the molecule is COc1ccc(CN(CCC(=O)Nc2cccc(Cl)c2)S(C)(=O)=O)cc1. The molecule has 0 fully saturated rings. The second-order valence-corrected chi connectivity index (χ2v) is 8.17. The van der Waals surface area contributed by atoms with Crippen molar-refractivity contribution >= 4 is 33.2 Å². The van der Waals surface area contributed by atoms with Gasteiger partial charge in [-0.15, -0.1) is 0 Å². The Kier molecular flexibility index (Phi) is 7.02. The minimum absolute atomic E-state index is 0.0374. The molecule has 0 aliphatic heterocycles. The Morgan fingerprint density at radius 3 is 2.46 bits per heavy atom. The van der Waals surface area contributed by atoms with Crippen molar-refractivity contribution in [2.24, 2.45) is 0 Å². The number of amides is 1. The number of ether oxygens (including phenoxy) is 1. The van der Waals surface area contributed by atoms with Crippen molar-refractivity contribution in [1.82, 2.24) is 4.31 Å². The summed E-state index contributed by atoms with van der Waals surface area (Å²) in [6.45, 7) is 0.268. The Bertz CT molecular complexity index is 854. The summed E-state index contributed by atoms with van der Waals surface area (Å²) in [7, 11) is -1.89. The molecule has 26 heavy (non-hydrogen) atoms. The summed E-state index contributed by atoms with van der Waals surface area (Å²) < 4.78 is 30.4. The Morgan fingerprint density at radius 1 is 1.19 bits per heavy atom. The van der Waals surface area contributed by atoms with Gasteiger partial charge in [-0.1, -0.05) is 29.8 Å². The number of anilines is 1. The van der Waals surface area contributed by atoms with E-state index in [-0.39, 0.29) is 25.4 Å². The van der Waals surface area contributed by atoms with E-state index in [1.807, 2.05) is 0 Å². The van der Waals surface area contributed by atoms with E-state index in [0.29, 0.717) is 16.5 Å². The summed E-state index contributed by atoms with van der Waals surface area (Å²) in [5, 5.41) is 3.22. The number of nitrogens with one attached hydrogen (secondary N) is 1. The van der Waals surface area contributed by atoms with E-state index >= 15 is 0 Å².